The summed E-state index contributed by atoms with van der Waals surface area (Å²) in [6, 6.07) is 0. The fourth-order valence-corrected chi connectivity index (χ4v) is 3.09. The van der Waals surface area contributed by atoms with Crippen LogP contribution in [0.5, 0.6) is 0 Å². The van der Waals surface area contributed by atoms with E-state index in [1.807, 2.05) is 0 Å². The molecule has 0 amide bonds. The van der Waals surface area contributed by atoms with Crippen LogP contribution in [0.15, 0.2) is 12.7 Å². The molecule has 28 heavy (non-hydrogen) atoms. The van der Waals surface area contributed by atoms with Crippen molar-refractivity contribution in [2.45, 2.75) is 43.3 Å². The van der Waals surface area contributed by atoms with Gasteiger partial charge in [-0.3, -0.25) is 14.9 Å². The first-order valence-electron chi connectivity index (χ1n) is 8.55. The molecule has 3 rings (SSSR count). The molecule has 13 heteroatoms. The molecule has 154 valence electrons. The number of ether oxygens (including phenoxy) is 1. The highest BCUT2D eigenvalue weighted by atomic mass is 16.6. The number of fused-ring (bicyclic) bond motifs is 1. The van der Waals surface area contributed by atoms with Gasteiger partial charge in [-0.25, -0.2) is 15.0 Å². The molecule has 1 aliphatic rings. The zero-order valence-electron chi connectivity index (χ0n) is 15.1. The normalized spacial score (nSPS) is 27.4. The third-order valence-corrected chi connectivity index (χ3v) is 4.77. The predicted molar refractivity (Wildman–Crippen MR) is 96.8 cm³/mol. The lowest BCUT2D eigenvalue weighted by Gasteiger charge is -2.27. The number of aliphatic hydroxyl groups excluding tert-OH is 4. The van der Waals surface area contributed by atoms with Gasteiger partial charge in [0.15, 0.2) is 17.7 Å². The number of rotatable bonds is 7. The molecular formula is C15H24N8O5. The van der Waals surface area contributed by atoms with Crippen molar-refractivity contribution in [2.24, 2.45) is 5.73 Å². The quantitative estimate of drug-likeness (QED) is 0.142. The van der Waals surface area contributed by atoms with E-state index in [0.29, 0.717) is 11.2 Å². The van der Waals surface area contributed by atoms with Gasteiger partial charge in [-0.15, -0.1) is 0 Å². The van der Waals surface area contributed by atoms with Crippen LogP contribution >= 0.6 is 0 Å². The summed E-state index contributed by atoms with van der Waals surface area (Å²) in [7, 11) is 1.52. The van der Waals surface area contributed by atoms with Crippen molar-refractivity contribution < 1.29 is 25.2 Å². The number of imidazole rings is 1. The van der Waals surface area contributed by atoms with Crippen molar-refractivity contribution in [3.63, 3.8) is 0 Å². The standard InChI is InChI=1S/C15H24N8O5/c1-22(3-6(24)12(16)17)8(25)2-7-10(26)11(27)15(28-7)23-5-21-9-13(18)19-4-20-14(9)23/h4-8,10-11,15,24-27H,2-3H2,1H3,(H3,16,17)(H2,18,19,20)/t6?,7-,8?,10-,11-,15-/m1/s1. The van der Waals surface area contributed by atoms with E-state index in [0.717, 1.165) is 0 Å². The third-order valence-electron chi connectivity index (χ3n) is 4.77. The Labute approximate surface area is 159 Å². The molecule has 0 aliphatic carbocycles. The number of aromatic nitrogens is 4. The summed E-state index contributed by atoms with van der Waals surface area (Å²) in [4.78, 5) is 13.4. The van der Waals surface area contributed by atoms with Gasteiger partial charge in [0.25, 0.3) is 0 Å². The maximum Gasteiger partial charge on any atom is 0.167 e. The van der Waals surface area contributed by atoms with E-state index >= 15 is 0 Å². The Hall–Kier alpha value is -2.42. The number of amidine groups is 1. The van der Waals surface area contributed by atoms with E-state index in [1.165, 1.54) is 29.2 Å². The zero-order valence-corrected chi connectivity index (χ0v) is 15.1. The van der Waals surface area contributed by atoms with Crippen molar-refractivity contribution >= 4 is 22.8 Å². The van der Waals surface area contributed by atoms with Gasteiger partial charge in [-0.2, -0.15) is 0 Å². The molecule has 1 aliphatic heterocycles. The van der Waals surface area contributed by atoms with Crippen LogP contribution in [0.4, 0.5) is 5.82 Å². The lowest BCUT2D eigenvalue weighted by molar-refractivity contribution is -0.0772. The highest BCUT2D eigenvalue weighted by Crippen LogP contribution is 2.33. The SMILES string of the molecule is CN(CC(O)C(=N)N)C(O)C[C@H]1O[C@@H](n2cnc3c(N)ncnc32)[C@H](O)[C@@H]1O. The minimum absolute atomic E-state index is 0.0559. The number of hydrogen-bond donors (Lipinski definition) is 7. The second-order valence-corrected chi connectivity index (χ2v) is 6.76. The van der Waals surface area contributed by atoms with E-state index in [2.05, 4.69) is 15.0 Å². The third kappa shape index (κ3) is 3.76. The van der Waals surface area contributed by atoms with Crippen LogP contribution in [0.1, 0.15) is 12.6 Å². The molecule has 2 unspecified atom stereocenters. The maximum atomic E-state index is 10.4. The van der Waals surface area contributed by atoms with Gasteiger partial charge in [-0.1, -0.05) is 0 Å². The van der Waals surface area contributed by atoms with Gasteiger partial charge < -0.3 is 36.6 Å². The summed E-state index contributed by atoms with van der Waals surface area (Å²) in [6.45, 7) is -0.0757. The summed E-state index contributed by atoms with van der Waals surface area (Å²) >= 11 is 0. The van der Waals surface area contributed by atoms with Crippen LogP contribution in [0.2, 0.25) is 0 Å². The van der Waals surface area contributed by atoms with Gasteiger partial charge in [0.05, 0.1) is 12.4 Å². The Balaban J connectivity index is 1.71. The predicted octanol–water partition coefficient (Wildman–Crippen LogP) is -3.04. The molecule has 0 radical (unpaired) electrons. The Morgan fingerprint density at radius 3 is 2.71 bits per heavy atom. The fraction of sp³-hybridized carbons (Fsp3) is 0.600. The van der Waals surface area contributed by atoms with Gasteiger partial charge >= 0.3 is 0 Å². The minimum atomic E-state index is -1.29. The maximum absolute atomic E-state index is 10.4. The van der Waals surface area contributed by atoms with Crippen molar-refractivity contribution in [1.29, 1.82) is 5.41 Å². The zero-order chi connectivity index (χ0) is 20.6. The van der Waals surface area contributed by atoms with Crippen molar-refractivity contribution in [2.75, 3.05) is 19.3 Å². The number of nitrogen functional groups attached to an aromatic ring is 1. The molecule has 3 heterocycles. The Bertz CT molecular complexity index is 847. The number of hydrogen-bond acceptors (Lipinski definition) is 11. The minimum Gasteiger partial charge on any atom is -0.388 e. The second kappa shape index (κ2) is 7.90. The van der Waals surface area contributed by atoms with Crippen LogP contribution in [-0.4, -0.2) is 94.9 Å². The van der Waals surface area contributed by atoms with Crippen molar-refractivity contribution in [3.05, 3.63) is 12.7 Å². The van der Waals surface area contributed by atoms with Crippen molar-refractivity contribution in [3.8, 4) is 0 Å². The lowest BCUT2D eigenvalue weighted by atomic mass is 10.1. The smallest absolute Gasteiger partial charge is 0.167 e. The summed E-state index contributed by atoms with van der Waals surface area (Å²) < 4.78 is 7.20. The lowest BCUT2D eigenvalue weighted by Crippen LogP contribution is -2.45. The van der Waals surface area contributed by atoms with Crippen LogP contribution in [0.25, 0.3) is 11.2 Å². The van der Waals surface area contributed by atoms with E-state index < -0.39 is 42.7 Å². The first kappa shape index (κ1) is 20.3. The Morgan fingerprint density at radius 1 is 1.32 bits per heavy atom. The molecule has 1 fully saturated rings. The number of aliphatic hydroxyl groups is 4. The highest BCUT2D eigenvalue weighted by Gasteiger charge is 2.45. The van der Waals surface area contributed by atoms with Crippen LogP contribution in [0.3, 0.4) is 0 Å². The molecule has 9 N–H and O–H groups in total. The number of anilines is 1. The van der Waals surface area contributed by atoms with Gasteiger partial charge in [-0.05, 0) is 7.05 Å². The van der Waals surface area contributed by atoms with Crippen molar-refractivity contribution in [1.82, 2.24) is 24.4 Å². The van der Waals surface area contributed by atoms with Gasteiger partial charge in [0, 0.05) is 13.0 Å². The second-order valence-electron chi connectivity index (χ2n) is 6.76. The summed E-state index contributed by atoms with van der Waals surface area (Å²) in [6.07, 6.45) is -4.22. The highest BCUT2D eigenvalue weighted by molar-refractivity contribution is 5.81. The number of nitrogens with two attached hydrogens (primary N) is 2. The number of nitrogens with zero attached hydrogens (tertiary/aromatic N) is 5. The molecule has 0 saturated carbocycles. The molecule has 0 aromatic carbocycles. The average molecular weight is 396 g/mol. The summed E-state index contributed by atoms with van der Waals surface area (Å²) in [5.74, 6) is -0.241. The summed E-state index contributed by atoms with van der Waals surface area (Å²) in [5, 5.41) is 47.9. The van der Waals surface area contributed by atoms with Gasteiger partial charge in [0.1, 0.15) is 42.2 Å². The molecule has 1 saturated heterocycles. The molecule has 13 nitrogen and oxygen atoms in total. The topological polar surface area (TPSA) is 213 Å². The van der Waals surface area contributed by atoms with E-state index in [-0.39, 0.29) is 18.8 Å². The molecule has 0 bridgehead atoms. The number of nitrogens with one attached hydrogen (secondary N) is 1. The Kier molecular flexibility index (Phi) is 5.74. The first-order chi connectivity index (χ1) is 13.2. The Morgan fingerprint density at radius 2 is 2.04 bits per heavy atom. The first-order valence-corrected chi connectivity index (χ1v) is 8.55. The monoisotopic (exact) mass is 396 g/mol. The molecule has 6 atom stereocenters. The molecule has 0 spiro atoms. The average Bonchev–Trinajstić information content (AvgIpc) is 3.19. The number of likely N-dealkylation sites (N-methyl/N-ethyl adjacent to an activating group) is 1. The summed E-state index contributed by atoms with van der Waals surface area (Å²) in [5.41, 5.74) is 11.7. The van der Waals surface area contributed by atoms with Crippen LogP contribution in [0, 0.1) is 5.41 Å². The fourth-order valence-electron chi connectivity index (χ4n) is 3.09. The van der Waals surface area contributed by atoms with E-state index in [9.17, 15) is 20.4 Å². The van der Waals surface area contributed by atoms with E-state index in [1.54, 1.807) is 0 Å². The molecule has 2 aromatic heterocycles. The van der Waals surface area contributed by atoms with Crippen LogP contribution < -0.4 is 11.5 Å². The molecular weight excluding hydrogens is 372 g/mol. The van der Waals surface area contributed by atoms with Crippen LogP contribution in [-0.2, 0) is 4.74 Å². The largest absolute Gasteiger partial charge is 0.388 e. The van der Waals surface area contributed by atoms with E-state index in [4.69, 9.17) is 21.6 Å². The molecule has 2 aromatic rings. The van der Waals surface area contributed by atoms with Gasteiger partial charge in [0.2, 0.25) is 0 Å².